The first kappa shape index (κ1) is 22.6. The van der Waals surface area contributed by atoms with Crippen LogP contribution in [-0.4, -0.2) is 26.9 Å². The van der Waals surface area contributed by atoms with Gasteiger partial charge in [0.1, 0.15) is 24.8 Å². The van der Waals surface area contributed by atoms with Gasteiger partial charge in [-0.05, 0) is 42.0 Å². The van der Waals surface area contributed by atoms with Gasteiger partial charge in [-0.15, -0.1) is 5.10 Å². The largest absolute Gasteiger partial charge is 0.497 e. The molecule has 0 saturated heterocycles. The molecule has 0 radical (unpaired) electrons. The standard InChI is InChI=1S/C23H17F3N6O2/c1-33-19-8-2-15(3-9-19)13-34-21-10-17(12-28-20(21)11-27)30-22-29-14-32(31-22)18-6-4-16(5-7-18)23(24,25)26/h2-10,12,14H,13H2,1H3,(H,30,31). The minimum absolute atomic E-state index is 0.113. The molecular weight excluding hydrogens is 449 g/mol. The van der Waals surface area contributed by atoms with Gasteiger partial charge >= 0.3 is 6.18 Å². The Balaban J connectivity index is 1.47. The maximum atomic E-state index is 12.8. The number of nitriles is 1. The molecule has 0 aliphatic heterocycles. The van der Waals surface area contributed by atoms with Crippen LogP contribution in [0.25, 0.3) is 5.69 Å². The van der Waals surface area contributed by atoms with Gasteiger partial charge in [0, 0.05) is 6.07 Å². The van der Waals surface area contributed by atoms with Gasteiger partial charge in [-0.1, -0.05) is 12.1 Å². The monoisotopic (exact) mass is 466 g/mol. The number of ether oxygens (including phenoxy) is 2. The highest BCUT2D eigenvalue weighted by molar-refractivity contribution is 5.57. The Morgan fingerprint density at radius 2 is 1.79 bits per heavy atom. The van der Waals surface area contributed by atoms with Crippen molar-refractivity contribution in [2.75, 3.05) is 12.4 Å². The summed E-state index contributed by atoms with van der Waals surface area (Å²) >= 11 is 0. The Kier molecular flexibility index (Phi) is 6.31. The average Bonchev–Trinajstić information content (AvgIpc) is 3.31. The van der Waals surface area contributed by atoms with E-state index >= 15 is 0 Å². The molecule has 0 aliphatic carbocycles. The first-order valence-electron chi connectivity index (χ1n) is 9.88. The van der Waals surface area contributed by atoms with Crippen molar-refractivity contribution >= 4 is 11.6 Å². The fourth-order valence-electron chi connectivity index (χ4n) is 2.97. The number of rotatable bonds is 7. The van der Waals surface area contributed by atoms with Crippen molar-refractivity contribution < 1.29 is 22.6 Å². The Bertz CT molecular complexity index is 1310. The zero-order valence-corrected chi connectivity index (χ0v) is 17.7. The van der Waals surface area contributed by atoms with Gasteiger partial charge in [-0.2, -0.15) is 23.4 Å². The number of nitrogens with zero attached hydrogens (tertiary/aromatic N) is 5. The average molecular weight is 466 g/mol. The lowest BCUT2D eigenvalue weighted by Crippen LogP contribution is -2.05. The van der Waals surface area contributed by atoms with E-state index in [1.807, 2.05) is 18.2 Å². The van der Waals surface area contributed by atoms with Crippen molar-refractivity contribution in [1.29, 1.82) is 5.26 Å². The fraction of sp³-hybridized carbons (Fsp3) is 0.130. The highest BCUT2D eigenvalue weighted by Crippen LogP contribution is 2.29. The molecule has 2 heterocycles. The van der Waals surface area contributed by atoms with Gasteiger partial charge < -0.3 is 14.8 Å². The Labute approximate surface area is 192 Å². The first-order valence-corrected chi connectivity index (χ1v) is 9.88. The lowest BCUT2D eigenvalue weighted by atomic mass is 10.2. The number of aromatic nitrogens is 4. The molecule has 2 aromatic carbocycles. The zero-order chi connectivity index (χ0) is 24.1. The van der Waals surface area contributed by atoms with Crippen LogP contribution in [0.3, 0.4) is 0 Å². The Morgan fingerprint density at radius 3 is 2.44 bits per heavy atom. The van der Waals surface area contributed by atoms with Crippen molar-refractivity contribution in [3.8, 4) is 23.3 Å². The van der Waals surface area contributed by atoms with Gasteiger partial charge in [-0.3, -0.25) is 0 Å². The highest BCUT2D eigenvalue weighted by Gasteiger charge is 2.30. The van der Waals surface area contributed by atoms with Gasteiger partial charge in [0.15, 0.2) is 11.4 Å². The van der Waals surface area contributed by atoms with E-state index in [0.717, 1.165) is 23.4 Å². The summed E-state index contributed by atoms with van der Waals surface area (Å²) in [7, 11) is 1.58. The molecule has 0 atom stereocenters. The number of pyridine rings is 1. The zero-order valence-electron chi connectivity index (χ0n) is 17.7. The van der Waals surface area contributed by atoms with Crippen LogP contribution in [0.4, 0.5) is 24.8 Å². The third kappa shape index (κ3) is 5.24. The van der Waals surface area contributed by atoms with Crippen molar-refractivity contribution in [2.45, 2.75) is 12.8 Å². The molecule has 0 saturated carbocycles. The van der Waals surface area contributed by atoms with Gasteiger partial charge in [-0.25, -0.2) is 9.67 Å². The van der Waals surface area contributed by atoms with E-state index in [9.17, 15) is 18.4 Å². The topological polar surface area (TPSA) is 97.9 Å². The predicted molar refractivity (Wildman–Crippen MR) is 116 cm³/mol. The summed E-state index contributed by atoms with van der Waals surface area (Å²) < 4.78 is 50.5. The van der Waals surface area contributed by atoms with Crippen LogP contribution in [-0.2, 0) is 12.8 Å². The van der Waals surface area contributed by atoms with Crippen LogP contribution in [0.5, 0.6) is 11.5 Å². The number of hydrogen-bond acceptors (Lipinski definition) is 7. The third-order valence-electron chi connectivity index (χ3n) is 4.72. The van der Waals surface area contributed by atoms with E-state index in [2.05, 4.69) is 20.4 Å². The maximum Gasteiger partial charge on any atom is 0.416 e. The molecule has 8 nitrogen and oxygen atoms in total. The molecule has 0 unspecified atom stereocenters. The molecule has 4 rings (SSSR count). The lowest BCUT2D eigenvalue weighted by molar-refractivity contribution is -0.137. The number of methoxy groups -OCH3 is 1. The smallest absolute Gasteiger partial charge is 0.416 e. The molecule has 4 aromatic rings. The molecule has 0 bridgehead atoms. The van der Waals surface area contributed by atoms with Crippen LogP contribution in [0, 0.1) is 11.3 Å². The minimum Gasteiger partial charge on any atom is -0.497 e. The van der Waals surface area contributed by atoms with Crippen molar-refractivity contribution in [3.63, 3.8) is 0 Å². The van der Waals surface area contributed by atoms with Gasteiger partial charge in [0.25, 0.3) is 0 Å². The van der Waals surface area contributed by atoms with E-state index < -0.39 is 11.7 Å². The third-order valence-corrected chi connectivity index (χ3v) is 4.72. The fourth-order valence-corrected chi connectivity index (χ4v) is 2.97. The summed E-state index contributed by atoms with van der Waals surface area (Å²) in [5.74, 6) is 1.18. The number of nitrogens with one attached hydrogen (secondary N) is 1. The van der Waals surface area contributed by atoms with Gasteiger partial charge in [0.2, 0.25) is 5.95 Å². The Hall–Kier alpha value is -4.59. The van der Waals surface area contributed by atoms with Crippen molar-refractivity contribution in [2.24, 2.45) is 0 Å². The molecule has 0 fully saturated rings. The number of hydrogen-bond donors (Lipinski definition) is 1. The summed E-state index contributed by atoms with van der Waals surface area (Å²) in [6.45, 7) is 0.213. The molecule has 0 spiro atoms. The summed E-state index contributed by atoms with van der Waals surface area (Å²) in [5.41, 5.74) is 1.12. The highest BCUT2D eigenvalue weighted by atomic mass is 19.4. The molecule has 34 heavy (non-hydrogen) atoms. The van der Waals surface area contributed by atoms with Gasteiger partial charge in [0.05, 0.1) is 30.2 Å². The number of halogens is 3. The van der Waals surface area contributed by atoms with E-state index in [-0.39, 0.29) is 24.0 Å². The second-order valence-electron chi connectivity index (χ2n) is 7.00. The SMILES string of the molecule is COc1ccc(COc2cc(Nc3ncn(-c4ccc(C(F)(F)F)cc4)n3)cnc2C#N)cc1. The molecular formula is C23H17F3N6O2. The predicted octanol–water partition coefficient (Wildman–Crippen LogP) is 4.88. The van der Waals surface area contributed by atoms with Crippen LogP contribution in [0.15, 0.2) is 67.1 Å². The summed E-state index contributed by atoms with van der Waals surface area (Å²) in [4.78, 5) is 8.21. The van der Waals surface area contributed by atoms with E-state index in [0.29, 0.717) is 11.4 Å². The van der Waals surface area contributed by atoms with Crippen LogP contribution >= 0.6 is 0 Å². The summed E-state index contributed by atoms with van der Waals surface area (Å²) in [6, 6.07) is 15.4. The molecule has 1 N–H and O–H groups in total. The van der Waals surface area contributed by atoms with E-state index in [4.69, 9.17) is 9.47 Å². The van der Waals surface area contributed by atoms with Crippen LogP contribution in [0.1, 0.15) is 16.8 Å². The second kappa shape index (κ2) is 9.50. The Morgan fingerprint density at radius 1 is 1.06 bits per heavy atom. The van der Waals surface area contributed by atoms with E-state index in [1.54, 1.807) is 25.3 Å². The normalized spacial score (nSPS) is 11.0. The quantitative estimate of drug-likeness (QED) is 0.414. The minimum atomic E-state index is -4.41. The first-order chi connectivity index (χ1) is 16.4. The summed E-state index contributed by atoms with van der Waals surface area (Å²) in [5, 5.41) is 16.5. The molecule has 0 amide bonds. The van der Waals surface area contributed by atoms with E-state index in [1.165, 1.54) is 29.3 Å². The van der Waals surface area contributed by atoms with Crippen molar-refractivity contribution in [3.05, 3.63) is 83.9 Å². The van der Waals surface area contributed by atoms with Crippen LogP contribution < -0.4 is 14.8 Å². The molecule has 0 aliphatic rings. The molecule has 11 heteroatoms. The second-order valence-corrected chi connectivity index (χ2v) is 7.00. The molecule has 2 aromatic heterocycles. The number of alkyl halides is 3. The summed E-state index contributed by atoms with van der Waals surface area (Å²) in [6.07, 6.45) is -1.62. The molecule has 172 valence electrons. The maximum absolute atomic E-state index is 12.8. The van der Waals surface area contributed by atoms with Crippen molar-refractivity contribution in [1.82, 2.24) is 19.7 Å². The number of benzene rings is 2. The number of anilines is 2. The lowest BCUT2D eigenvalue weighted by Gasteiger charge is -2.10. The van der Waals surface area contributed by atoms with Crippen LogP contribution in [0.2, 0.25) is 0 Å².